The van der Waals surface area contributed by atoms with Gasteiger partial charge in [-0.15, -0.1) is 0 Å². The molecule has 2 heterocycles. The molecule has 1 aliphatic heterocycles. The number of carbonyl (C=O) groups is 3. The number of para-hydroxylation sites is 2. The molecule has 0 unspecified atom stereocenters. The van der Waals surface area contributed by atoms with Gasteiger partial charge in [0.05, 0.1) is 17.4 Å². The SMILES string of the molecule is O=C(CCN1C(=O)CCC1=O)NCCCn1cnc2ccccc21. The maximum absolute atomic E-state index is 11.8. The second kappa shape index (κ2) is 7.25. The molecule has 0 atom stereocenters. The minimum Gasteiger partial charge on any atom is -0.356 e. The first-order valence-electron chi connectivity index (χ1n) is 8.15. The highest BCUT2D eigenvalue weighted by Gasteiger charge is 2.28. The number of likely N-dealkylation sites (tertiary alicyclic amines) is 1. The first-order chi connectivity index (χ1) is 11.6. The van der Waals surface area contributed by atoms with Crippen molar-refractivity contribution in [1.29, 1.82) is 0 Å². The van der Waals surface area contributed by atoms with Crippen LogP contribution in [0, 0.1) is 0 Å². The van der Waals surface area contributed by atoms with E-state index in [0.29, 0.717) is 6.54 Å². The number of hydrogen-bond acceptors (Lipinski definition) is 4. The second-order valence-corrected chi connectivity index (χ2v) is 5.82. The molecular weight excluding hydrogens is 308 g/mol. The first kappa shape index (κ1) is 16.2. The normalized spacial score (nSPS) is 14.6. The molecule has 0 spiro atoms. The Labute approximate surface area is 139 Å². The van der Waals surface area contributed by atoms with Crippen LogP contribution in [0.2, 0.25) is 0 Å². The number of rotatable bonds is 7. The Morgan fingerprint density at radius 2 is 1.88 bits per heavy atom. The van der Waals surface area contributed by atoms with Crippen molar-refractivity contribution in [3.63, 3.8) is 0 Å². The van der Waals surface area contributed by atoms with Crippen LogP contribution in [0.15, 0.2) is 30.6 Å². The zero-order chi connectivity index (χ0) is 16.9. The molecule has 1 aromatic carbocycles. The van der Waals surface area contributed by atoms with E-state index in [9.17, 15) is 14.4 Å². The largest absolute Gasteiger partial charge is 0.356 e. The van der Waals surface area contributed by atoms with Crippen molar-refractivity contribution in [3.05, 3.63) is 30.6 Å². The van der Waals surface area contributed by atoms with Gasteiger partial charge in [-0.2, -0.15) is 0 Å². The summed E-state index contributed by atoms with van der Waals surface area (Å²) in [6.07, 6.45) is 3.27. The molecule has 0 bridgehead atoms. The molecule has 2 aromatic rings. The Morgan fingerprint density at radius 1 is 1.12 bits per heavy atom. The lowest BCUT2D eigenvalue weighted by Crippen LogP contribution is -2.34. The van der Waals surface area contributed by atoms with Crippen LogP contribution in [0.4, 0.5) is 0 Å². The maximum Gasteiger partial charge on any atom is 0.229 e. The zero-order valence-corrected chi connectivity index (χ0v) is 13.4. The number of imidazole rings is 1. The van der Waals surface area contributed by atoms with Crippen LogP contribution >= 0.6 is 0 Å². The highest BCUT2D eigenvalue weighted by Crippen LogP contribution is 2.12. The van der Waals surface area contributed by atoms with Gasteiger partial charge in [0.1, 0.15) is 0 Å². The second-order valence-electron chi connectivity index (χ2n) is 5.82. The number of imide groups is 1. The van der Waals surface area contributed by atoms with E-state index in [-0.39, 0.29) is 43.5 Å². The van der Waals surface area contributed by atoms with Gasteiger partial charge in [0.2, 0.25) is 17.7 Å². The summed E-state index contributed by atoms with van der Waals surface area (Å²) < 4.78 is 2.06. The Bertz CT molecular complexity index is 752. The summed E-state index contributed by atoms with van der Waals surface area (Å²) in [6, 6.07) is 7.92. The van der Waals surface area contributed by atoms with E-state index in [4.69, 9.17) is 0 Å². The number of nitrogens with zero attached hydrogens (tertiary/aromatic N) is 3. The van der Waals surface area contributed by atoms with E-state index in [1.54, 1.807) is 6.33 Å². The summed E-state index contributed by atoms with van der Waals surface area (Å²) >= 11 is 0. The molecule has 0 saturated carbocycles. The highest BCUT2D eigenvalue weighted by molar-refractivity contribution is 6.02. The number of amides is 3. The lowest BCUT2D eigenvalue weighted by Gasteiger charge is -2.13. The number of aryl methyl sites for hydroxylation is 1. The van der Waals surface area contributed by atoms with Crippen molar-refractivity contribution >= 4 is 28.8 Å². The minimum atomic E-state index is -0.181. The van der Waals surface area contributed by atoms with E-state index in [2.05, 4.69) is 14.9 Å². The van der Waals surface area contributed by atoms with Crippen molar-refractivity contribution in [2.24, 2.45) is 0 Å². The predicted octanol–water partition coefficient (Wildman–Crippen LogP) is 1.08. The third-order valence-corrected chi connectivity index (χ3v) is 4.14. The molecule has 3 rings (SSSR count). The fraction of sp³-hybridized carbons (Fsp3) is 0.412. The fourth-order valence-corrected chi connectivity index (χ4v) is 2.84. The van der Waals surface area contributed by atoms with Gasteiger partial charge < -0.3 is 9.88 Å². The molecule has 0 aliphatic carbocycles. The van der Waals surface area contributed by atoms with Gasteiger partial charge in [-0.25, -0.2) is 4.98 Å². The molecule has 3 amide bonds. The summed E-state index contributed by atoms with van der Waals surface area (Å²) in [5, 5.41) is 2.82. The van der Waals surface area contributed by atoms with Crippen LogP contribution in [-0.2, 0) is 20.9 Å². The third-order valence-electron chi connectivity index (χ3n) is 4.14. The lowest BCUT2D eigenvalue weighted by atomic mass is 10.3. The van der Waals surface area contributed by atoms with Crippen LogP contribution in [0.25, 0.3) is 11.0 Å². The Hall–Kier alpha value is -2.70. The Balaban J connectivity index is 1.38. The summed E-state index contributed by atoms with van der Waals surface area (Å²) in [5.41, 5.74) is 2.04. The molecule has 24 heavy (non-hydrogen) atoms. The molecule has 7 heteroatoms. The van der Waals surface area contributed by atoms with E-state index < -0.39 is 0 Å². The number of aromatic nitrogens is 2. The first-order valence-corrected chi connectivity index (χ1v) is 8.15. The van der Waals surface area contributed by atoms with Gasteiger partial charge in [-0.3, -0.25) is 19.3 Å². The quantitative estimate of drug-likeness (QED) is 0.609. The average Bonchev–Trinajstić information content (AvgIpc) is 3.14. The highest BCUT2D eigenvalue weighted by atomic mass is 16.2. The topological polar surface area (TPSA) is 84.3 Å². The van der Waals surface area contributed by atoms with Crippen molar-refractivity contribution in [2.75, 3.05) is 13.1 Å². The van der Waals surface area contributed by atoms with E-state index in [1.165, 1.54) is 4.90 Å². The van der Waals surface area contributed by atoms with Gasteiger partial charge >= 0.3 is 0 Å². The van der Waals surface area contributed by atoms with E-state index >= 15 is 0 Å². The summed E-state index contributed by atoms with van der Waals surface area (Å²) in [7, 11) is 0. The molecule has 1 aromatic heterocycles. The third kappa shape index (κ3) is 3.61. The van der Waals surface area contributed by atoms with Gasteiger partial charge in [-0.05, 0) is 18.6 Å². The van der Waals surface area contributed by atoms with Gasteiger partial charge in [0.15, 0.2) is 0 Å². The van der Waals surface area contributed by atoms with Crippen LogP contribution in [0.5, 0.6) is 0 Å². The molecule has 7 nitrogen and oxygen atoms in total. The van der Waals surface area contributed by atoms with Crippen LogP contribution in [0.3, 0.4) is 0 Å². The smallest absolute Gasteiger partial charge is 0.229 e. The van der Waals surface area contributed by atoms with Gasteiger partial charge in [0.25, 0.3) is 0 Å². The van der Waals surface area contributed by atoms with Crippen LogP contribution < -0.4 is 5.32 Å². The number of benzene rings is 1. The number of carbonyl (C=O) groups excluding carboxylic acids is 3. The van der Waals surface area contributed by atoms with Crippen molar-refractivity contribution in [2.45, 2.75) is 32.2 Å². The van der Waals surface area contributed by atoms with Gasteiger partial charge in [0, 0.05) is 38.9 Å². The molecule has 1 fully saturated rings. The van der Waals surface area contributed by atoms with Crippen molar-refractivity contribution < 1.29 is 14.4 Å². The molecular formula is C17H20N4O3. The minimum absolute atomic E-state index is 0.141. The number of nitrogens with one attached hydrogen (secondary N) is 1. The molecule has 1 aliphatic rings. The average molecular weight is 328 g/mol. The standard InChI is InChI=1S/C17H20N4O3/c22-15(8-11-21-16(23)6-7-17(21)24)18-9-3-10-20-12-19-13-4-1-2-5-14(13)20/h1-2,4-5,12H,3,6-11H2,(H,18,22). The molecule has 0 radical (unpaired) electrons. The lowest BCUT2D eigenvalue weighted by molar-refractivity contribution is -0.138. The van der Waals surface area contributed by atoms with Crippen molar-refractivity contribution in [3.8, 4) is 0 Å². The Kier molecular flexibility index (Phi) is 4.88. The molecule has 126 valence electrons. The van der Waals surface area contributed by atoms with E-state index in [1.807, 2.05) is 24.3 Å². The summed E-state index contributed by atoms with van der Waals surface area (Å²) in [4.78, 5) is 40.2. The fourth-order valence-electron chi connectivity index (χ4n) is 2.84. The number of hydrogen-bond donors (Lipinski definition) is 1. The predicted molar refractivity (Wildman–Crippen MR) is 87.9 cm³/mol. The van der Waals surface area contributed by atoms with Crippen LogP contribution in [0.1, 0.15) is 25.7 Å². The number of fused-ring (bicyclic) bond motifs is 1. The monoisotopic (exact) mass is 328 g/mol. The summed E-state index contributed by atoms with van der Waals surface area (Å²) in [5.74, 6) is -0.502. The zero-order valence-electron chi connectivity index (χ0n) is 13.4. The van der Waals surface area contributed by atoms with E-state index in [0.717, 1.165) is 24.0 Å². The maximum atomic E-state index is 11.8. The van der Waals surface area contributed by atoms with Crippen LogP contribution in [-0.4, -0.2) is 45.3 Å². The van der Waals surface area contributed by atoms with Crippen molar-refractivity contribution in [1.82, 2.24) is 19.8 Å². The molecule has 1 saturated heterocycles. The molecule has 1 N–H and O–H groups in total. The Morgan fingerprint density at radius 3 is 2.67 bits per heavy atom. The summed E-state index contributed by atoms with van der Waals surface area (Å²) in [6.45, 7) is 1.49. The van der Waals surface area contributed by atoms with Gasteiger partial charge in [-0.1, -0.05) is 12.1 Å².